The third-order valence-corrected chi connectivity index (χ3v) is 5.74. The fourth-order valence-electron chi connectivity index (χ4n) is 3.14. The molecule has 0 spiro atoms. The van der Waals surface area contributed by atoms with E-state index in [0.29, 0.717) is 24.3 Å². The third-order valence-electron chi connectivity index (χ3n) is 4.66. The molecule has 0 aliphatic carbocycles. The van der Waals surface area contributed by atoms with Gasteiger partial charge in [0, 0.05) is 24.6 Å². The molecular formula is C17H17F5N2O2S. The van der Waals surface area contributed by atoms with Crippen LogP contribution in [0.3, 0.4) is 0 Å². The number of aromatic nitrogens is 1. The SMILES string of the molecule is Cc1c(-c2ccc(C(=O)N3CCCC(C(C)(F)F)C3)s2)noc1C(F)(F)F. The number of carbonyl (C=O) groups is 1. The maximum absolute atomic E-state index is 13.6. The number of likely N-dealkylation sites (tertiary alicyclic amines) is 1. The van der Waals surface area contributed by atoms with Crippen LogP contribution in [0.1, 0.15) is 40.8 Å². The molecule has 1 aliphatic rings. The summed E-state index contributed by atoms with van der Waals surface area (Å²) in [5.74, 6) is -5.35. The minimum atomic E-state index is -4.65. The number of alkyl halides is 5. The second-order valence-electron chi connectivity index (χ2n) is 6.69. The molecule has 27 heavy (non-hydrogen) atoms. The molecule has 3 rings (SSSR count). The molecule has 1 amide bonds. The summed E-state index contributed by atoms with van der Waals surface area (Å²) in [4.78, 5) is 14.6. The van der Waals surface area contributed by atoms with Gasteiger partial charge >= 0.3 is 6.18 Å². The first-order chi connectivity index (χ1) is 12.5. The minimum Gasteiger partial charge on any atom is -0.351 e. The number of nitrogens with zero attached hydrogens (tertiary/aromatic N) is 2. The van der Waals surface area contributed by atoms with Crippen LogP contribution in [-0.4, -0.2) is 35.0 Å². The van der Waals surface area contributed by atoms with Crippen LogP contribution in [0.25, 0.3) is 10.6 Å². The van der Waals surface area contributed by atoms with Crippen molar-refractivity contribution in [3.8, 4) is 10.6 Å². The van der Waals surface area contributed by atoms with Gasteiger partial charge < -0.3 is 9.42 Å². The molecule has 1 aliphatic heterocycles. The van der Waals surface area contributed by atoms with Crippen LogP contribution in [0.4, 0.5) is 22.0 Å². The minimum absolute atomic E-state index is 0.0167. The van der Waals surface area contributed by atoms with Crippen LogP contribution in [0.2, 0.25) is 0 Å². The molecule has 0 N–H and O–H groups in total. The van der Waals surface area contributed by atoms with Crippen molar-refractivity contribution < 1.29 is 31.3 Å². The molecule has 10 heteroatoms. The number of piperidine rings is 1. The zero-order valence-corrected chi connectivity index (χ0v) is 15.4. The van der Waals surface area contributed by atoms with Gasteiger partial charge in [-0.3, -0.25) is 4.79 Å². The molecule has 1 saturated heterocycles. The van der Waals surface area contributed by atoms with Crippen LogP contribution in [0, 0.1) is 12.8 Å². The molecule has 0 radical (unpaired) electrons. The van der Waals surface area contributed by atoms with Gasteiger partial charge in [-0.25, -0.2) is 8.78 Å². The van der Waals surface area contributed by atoms with Crippen LogP contribution >= 0.6 is 11.3 Å². The fraction of sp³-hybridized carbons (Fsp3) is 0.529. The van der Waals surface area contributed by atoms with Crippen LogP contribution in [-0.2, 0) is 6.18 Å². The highest BCUT2D eigenvalue weighted by molar-refractivity contribution is 7.17. The van der Waals surface area contributed by atoms with E-state index in [9.17, 15) is 26.7 Å². The Hall–Kier alpha value is -1.97. The molecular weight excluding hydrogens is 391 g/mol. The van der Waals surface area contributed by atoms with Gasteiger partial charge in [0.2, 0.25) is 11.7 Å². The zero-order chi connectivity index (χ0) is 20.0. The summed E-state index contributed by atoms with van der Waals surface area (Å²) in [7, 11) is 0. The Bertz CT molecular complexity index is 837. The van der Waals surface area contributed by atoms with Crippen molar-refractivity contribution in [1.29, 1.82) is 0 Å². The standard InChI is InChI=1S/C17H17F5N2O2S/c1-9-13(23-26-14(9)17(20,21)22)11-5-6-12(27-11)15(25)24-7-3-4-10(8-24)16(2,18)19/h5-6,10H,3-4,7-8H2,1-2H3. The Morgan fingerprint density at radius 3 is 2.59 bits per heavy atom. The lowest BCUT2D eigenvalue weighted by molar-refractivity contribution is -0.156. The Morgan fingerprint density at radius 2 is 2.00 bits per heavy atom. The van der Waals surface area contributed by atoms with Crippen LogP contribution < -0.4 is 0 Å². The van der Waals surface area contributed by atoms with E-state index in [1.807, 2.05) is 0 Å². The number of hydrogen-bond donors (Lipinski definition) is 0. The van der Waals surface area contributed by atoms with Crippen LogP contribution in [0.15, 0.2) is 16.7 Å². The summed E-state index contributed by atoms with van der Waals surface area (Å²) >= 11 is 0.966. The topological polar surface area (TPSA) is 46.3 Å². The van der Waals surface area contributed by atoms with E-state index >= 15 is 0 Å². The molecule has 1 unspecified atom stereocenters. The summed E-state index contributed by atoms with van der Waals surface area (Å²) in [5.41, 5.74) is -0.144. The Morgan fingerprint density at radius 1 is 1.30 bits per heavy atom. The average Bonchev–Trinajstić information content (AvgIpc) is 3.19. The highest BCUT2D eigenvalue weighted by atomic mass is 32.1. The van der Waals surface area contributed by atoms with E-state index in [-0.39, 0.29) is 22.7 Å². The van der Waals surface area contributed by atoms with E-state index in [0.717, 1.165) is 18.3 Å². The molecule has 2 aromatic rings. The van der Waals surface area contributed by atoms with Crippen molar-refractivity contribution in [2.24, 2.45) is 5.92 Å². The monoisotopic (exact) mass is 408 g/mol. The average molecular weight is 408 g/mol. The van der Waals surface area contributed by atoms with E-state index in [1.54, 1.807) is 0 Å². The Balaban J connectivity index is 1.80. The number of thiophene rings is 1. The normalized spacial score (nSPS) is 18.8. The maximum atomic E-state index is 13.6. The predicted octanol–water partition coefficient (Wildman–Crippen LogP) is 5.24. The molecule has 1 fully saturated rings. The van der Waals surface area contributed by atoms with Gasteiger partial charge in [0.05, 0.1) is 9.75 Å². The number of carbonyl (C=O) groups excluding carboxylic acids is 1. The second-order valence-corrected chi connectivity index (χ2v) is 7.78. The highest BCUT2D eigenvalue weighted by Gasteiger charge is 2.40. The largest absolute Gasteiger partial charge is 0.452 e. The van der Waals surface area contributed by atoms with Gasteiger partial charge in [0.15, 0.2) is 0 Å². The number of halogens is 5. The number of rotatable bonds is 3. The zero-order valence-electron chi connectivity index (χ0n) is 14.6. The van der Waals surface area contributed by atoms with E-state index in [4.69, 9.17) is 0 Å². The third kappa shape index (κ3) is 3.99. The molecule has 0 bridgehead atoms. The van der Waals surface area contributed by atoms with Gasteiger partial charge in [0.1, 0.15) is 5.69 Å². The van der Waals surface area contributed by atoms with Crippen molar-refractivity contribution in [1.82, 2.24) is 10.1 Å². The van der Waals surface area contributed by atoms with Crippen molar-refractivity contribution >= 4 is 17.2 Å². The highest BCUT2D eigenvalue weighted by Crippen LogP contribution is 2.39. The van der Waals surface area contributed by atoms with Gasteiger partial charge in [-0.05, 0) is 38.8 Å². The van der Waals surface area contributed by atoms with Crippen LogP contribution in [0.5, 0.6) is 0 Å². The maximum Gasteiger partial charge on any atom is 0.452 e. The molecule has 0 aromatic carbocycles. The smallest absolute Gasteiger partial charge is 0.351 e. The lowest BCUT2D eigenvalue weighted by Gasteiger charge is -2.35. The molecule has 4 nitrogen and oxygen atoms in total. The van der Waals surface area contributed by atoms with Crippen molar-refractivity contribution in [3.63, 3.8) is 0 Å². The molecule has 3 heterocycles. The summed E-state index contributed by atoms with van der Waals surface area (Å²) < 4.78 is 70.0. The number of amides is 1. The predicted molar refractivity (Wildman–Crippen MR) is 88.8 cm³/mol. The van der Waals surface area contributed by atoms with E-state index < -0.39 is 29.7 Å². The first kappa shape index (κ1) is 19.8. The van der Waals surface area contributed by atoms with Crippen molar-refractivity contribution in [2.45, 2.75) is 38.8 Å². The summed E-state index contributed by atoms with van der Waals surface area (Å²) in [6.07, 6.45) is -3.82. The van der Waals surface area contributed by atoms with Gasteiger partial charge in [0.25, 0.3) is 5.91 Å². The van der Waals surface area contributed by atoms with Crippen molar-refractivity contribution in [2.75, 3.05) is 13.1 Å². The fourth-order valence-corrected chi connectivity index (χ4v) is 4.15. The molecule has 1 atom stereocenters. The first-order valence-corrected chi connectivity index (χ1v) is 9.11. The summed E-state index contributed by atoms with van der Waals surface area (Å²) in [6.45, 7) is 2.42. The second kappa shape index (κ2) is 6.88. The Labute approximate surface area is 155 Å². The molecule has 148 valence electrons. The summed E-state index contributed by atoms with van der Waals surface area (Å²) in [6, 6.07) is 2.95. The summed E-state index contributed by atoms with van der Waals surface area (Å²) in [5, 5.41) is 3.47. The molecule has 2 aromatic heterocycles. The quantitative estimate of drug-likeness (QED) is 0.653. The number of hydrogen-bond acceptors (Lipinski definition) is 4. The van der Waals surface area contributed by atoms with Gasteiger partial charge in [-0.15, -0.1) is 11.3 Å². The van der Waals surface area contributed by atoms with Crippen molar-refractivity contribution in [3.05, 3.63) is 28.3 Å². The Kier molecular flexibility index (Phi) is 5.04. The van der Waals surface area contributed by atoms with E-state index in [1.165, 1.54) is 24.0 Å². The first-order valence-electron chi connectivity index (χ1n) is 8.29. The lowest BCUT2D eigenvalue weighted by Crippen LogP contribution is -2.44. The van der Waals surface area contributed by atoms with Gasteiger partial charge in [-0.1, -0.05) is 5.16 Å². The molecule has 0 saturated carbocycles. The van der Waals surface area contributed by atoms with E-state index in [2.05, 4.69) is 9.68 Å². The lowest BCUT2D eigenvalue weighted by atomic mass is 9.92. The van der Waals surface area contributed by atoms with Gasteiger partial charge in [-0.2, -0.15) is 13.2 Å².